The van der Waals surface area contributed by atoms with Gasteiger partial charge < -0.3 is 4.90 Å². The normalized spacial score (nSPS) is 20.0. The van der Waals surface area contributed by atoms with Crippen LogP contribution in [0.15, 0.2) is 18.3 Å². The molecule has 0 radical (unpaired) electrons. The lowest BCUT2D eigenvalue weighted by molar-refractivity contribution is 0.434. The van der Waals surface area contributed by atoms with Crippen molar-refractivity contribution in [2.45, 2.75) is 45.1 Å². The Kier molecular flexibility index (Phi) is 3.98. The fourth-order valence-corrected chi connectivity index (χ4v) is 2.63. The van der Waals surface area contributed by atoms with Crippen LogP contribution in [0.4, 0.5) is 5.69 Å². The molecule has 2 rings (SSSR count). The molecule has 0 amide bonds. The van der Waals surface area contributed by atoms with E-state index < -0.39 is 0 Å². The Morgan fingerprint density at radius 2 is 2.41 bits per heavy atom. The Morgan fingerprint density at radius 1 is 1.53 bits per heavy atom. The first kappa shape index (κ1) is 11.9. The van der Waals surface area contributed by atoms with Crippen LogP contribution in [0.1, 0.15) is 44.7 Å². The fraction of sp³-hybridized carbons (Fsp3) is 0.571. The number of nitrogens with zero attached hydrogens (tertiary/aromatic N) is 3. The molecule has 3 nitrogen and oxygen atoms in total. The summed E-state index contributed by atoms with van der Waals surface area (Å²) in [6.45, 7) is 3.35. The highest BCUT2D eigenvalue weighted by Crippen LogP contribution is 2.27. The second-order valence-corrected chi connectivity index (χ2v) is 4.64. The molecule has 0 aliphatic carbocycles. The molecular formula is C14H19N3. The molecule has 1 aliphatic rings. The third-order valence-corrected chi connectivity index (χ3v) is 3.44. The second kappa shape index (κ2) is 5.67. The van der Waals surface area contributed by atoms with E-state index in [1.54, 1.807) is 6.20 Å². The van der Waals surface area contributed by atoms with Crippen LogP contribution in [0.25, 0.3) is 0 Å². The summed E-state index contributed by atoms with van der Waals surface area (Å²) >= 11 is 0. The van der Waals surface area contributed by atoms with Crippen LogP contribution >= 0.6 is 0 Å². The van der Waals surface area contributed by atoms with Gasteiger partial charge in [0.25, 0.3) is 0 Å². The largest absolute Gasteiger partial charge is 0.368 e. The molecule has 0 spiro atoms. The van der Waals surface area contributed by atoms with Crippen LogP contribution < -0.4 is 4.90 Å². The molecule has 0 bridgehead atoms. The number of anilines is 1. The molecule has 1 aromatic rings. The van der Waals surface area contributed by atoms with Crippen LogP contribution in [0, 0.1) is 11.3 Å². The maximum Gasteiger partial charge on any atom is 0.142 e. The van der Waals surface area contributed by atoms with E-state index in [4.69, 9.17) is 5.26 Å². The highest BCUT2D eigenvalue weighted by molar-refractivity contribution is 5.50. The maximum atomic E-state index is 8.90. The third kappa shape index (κ3) is 2.76. The molecule has 17 heavy (non-hydrogen) atoms. The number of aromatic nitrogens is 1. The van der Waals surface area contributed by atoms with Crippen molar-refractivity contribution >= 4 is 5.69 Å². The zero-order chi connectivity index (χ0) is 12.1. The molecule has 1 unspecified atom stereocenters. The lowest BCUT2D eigenvalue weighted by Gasteiger charge is -2.37. The minimum absolute atomic E-state index is 0.517. The maximum absolute atomic E-state index is 8.90. The molecule has 90 valence electrons. The molecule has 0 aromatic carbocycles. The van der Waals surface area contributed by atoms with Crippen molar-refractivity contribution in [1.82, 2.24) is 4.98 Å². The van der Waals surface area contributed by atoms with E-state index in [2.05, 4.69) is 22.9 Å². The van der Waals surface area contributed by atoms with Crippen molar-refractivity contribution in [3.63, 3.8) is 0 Å². The average Bonchev–Trinajstić information content (AvgIpc) is 2.40. The number of pyridine rings is 1. The Bertz CT molecular complexity index is 406. The zero-order valence-electron chi connectivity index (χ0n) is 10.4. The van der Waals surface area contributed by atoms with Crippen molar-refractivity contribution in [1.29, 1.82) is 5.26 Å². The van der Waals surface area contributed by atoms with Crippen LogP contribution in [0.2, 0.25) is 0 Å². The fourth-order valence-electron chi connectivity index (χ4n) is 2.63. The van der Waals surface area contributed by atoms with Crippen LogP contribution in [0.5, 0.6) is 0 Å². The standard InChI is InChI=1S/C14H19N3/c1-2-5-13-6-3-4-9-17(13)14-7-8-16-12(10-14)11-15/h7-8,10,13H,2-6,9H2,1H3. The summed E-state index contributed by atoms with van der Waals surface area (Å²) in [4.78, 5) is 6.49. The first-order valence-corrected chi connectivity index (χ1v) is 6.48. The summed E-state index contributed by atoms with van der Waals surface area (Å²) in [5, 5.41) is 8.90. The molecule has 0 saturated carbocycles. The van der Waals surface area contributed by atoms with E-state index in [1.807, 2.05) is 12.1 Å². The van der Waals surface area contributed by atoms with Gasteiger partial charge in [-0.2, -0.15) is 5.26 Å². The van der Waals surface area contributed by atoms with E-state index in [0.29, 0.717) is 11.7 Å². The second-order valence-electron chi connectivity index (χ2n) is 4.64. The van der Waals surface area contributed by atoms with Crippen molar-refractivity contribution in [2.24, 2.45) is 0 Å². The number of hydrogen-bond acceptors (Lipinski definition) is 3. The van der Waals surface area contributed by atoms with Gasteiger partial charge in [-0.05, 0) is 37.8 Å². The predicted molar refractivity (Wildman–Crippen MR) is 68.8 cm³/mol. The molecule has 2 heterocycles. The van der Waals surface area contributed by atoms with Gasteiger partial charge in [0.05, 0.1) is 0 Å². The Morgan fingerprint density at radius 3 is 3.18 bits per heavy atom. The monoisotopic (exact) mass is 229 g/mol. The van der Waals surface area contributed by atoms with Gasteiger partial charge in [0, 0.05) is 24.5 Å². The minimum atomic E-state index is 0.517. The molecule has 1 aromatic heterocycles. The molecule has 0 N–H and O–H groups in total. The van der Waals surface area contributed by atoms with Gasteiger partial charge in [0.1, 0.15) is 11.8 Å². The van der Waals surface area contributed by atoms with Crippen molar-refractivity contribution < 1.29 is 0 Å². The highest BCUT2D eigenvalue weighted by atomic mass is 15.2. The summed E-state index contributed by atoms with van der Waals surface area (Å²) < 4.78 is 0. The Balaban J connectivity index is 2.20. The lowest BCUT2D eigenvalue weighted by atomic mass is 9.97. The smallest absolute Gasteiger partial charge is 0.142 e. The highest BCUT2D eigenvalue weighted by Gasteiger charge is 2.21. The van der Waals surface area contributed by atoms with E-state index in [1.165, 1.54) is 32.1 Å². The number of piperidine rings is 1. The summed E-state index contributed by atoms with van der Waals surface area (Å²) in [7, 11) is 0. The number of hydrogen-bond donors (Lipinski definition) is 0. The van der Waals surface area contributed by atoms with Gasteiger partial charge in [-0.3, -0.25) is 0 Å². The summed E-state index contributed by atoms with van der Waals surface area (Å²) in [5.41, 5.74) is 1.68. The molecule has 3 heteroatoms. The van der Waals surface area contributed by atoms with Crippen LogP contribution in [-0.4, -0.2) is 17.6 Å². The average molecular weight is 229 g/mol. The summed E-state index contributed by atoms with van der Waals surface area (Å²) in [6.07, 6.45) is 8.06. The van der Waals surface area contributed by atoms with Crippen molar-refractivity contribution in [3.05, 3.63) is 24.0 Å². The van der Waals surface area contributed by atoms with Gasteiger partial charge in [-0.1, -0.05) is 13.3 Å². The number of rotatable bonds is 3. The first-order chi connectivity index (χ1) is 8.35. The van der Waals surface area contributed by atoms with Gasteiger partial charge in [0.15, 0.2) is 0 Å². The molecule has 1 aliphatic heterocycles. The van der Waals surface area contributed by atoms with Gasteiger partial charge >= 0.3 is 0 Å². The molecular weight excluding hydrogens is 210 g/mol. The van der Waals surface area contributed by atoms with E-state index in [0.717, 1.165) is 12.2 Å². The lowest BCUT2D eigenvalue weighted by Crippen LogP contribution is -2.39. The predicted octanol–water partition coefficient (Wildman–Crippen LogP) is 3.11. The topological polar surface area (TPSA) is 39.9 Å². The van der Waals surface area contributed by atoms with Gasteiger partial charge in [0.2, 0.25) is 0 Å². The summed E-state index contributed by atoms with van der Waals surface area (Å²) in [5.74, 6) is 0. The van der Waals surface area contributed by atoms with Gasteiger partial charge in [-0.25, -0.2) is 4.98 Å². The third-order valence-electron chi connectivity index (χ3n) is 3.44. The Labute approximate surface area is 103 Å². The number of nitriles is 1. The molecule has 1 fully saturated rings. The summed E-state index contributed by atoms with van der Waals surface area (Å²) in [6, 6.07) is 6.69. The van der Waals surface area contributed by atoms with Crippen LogP contribution in [-0.2, 0) is 0 Å². The minimum Gasteiger partial charge on any atom is -0.368 e. The molecule has 1 atom stereocenters. The van der Waals surface area contributed by atoms with Gasteiger partial charge in [-0.15, -0.1) is 0 Å². The quantitative estimate of drug-likeness (QED) is 0.799. The molecule has 1 saturated heterocycles. The SMILES string of the molecule is CCCC1CCCCN1c1ccnc(C#N)c1. The van der Waals surface area contributed by atoms with E-state index >= 15 is 0 Å². The van der Waals surface area contributed by atoms with Crippen molar-refractivity contribution in [3.8, 4) is 6.07 Å². The zero-order valence-corrected chi connectivity index (χ0v) is 10.4. The van der Waals surface area contributed by atoms with Crippen molar-refractivity contribution in [2.75, 3.05) is 11.4 Å². The van der Waals surface area contributed by atoms with E-state index in [-0.39, 0.29) is 0 Å². The van der Waals surface area contributed by atoms with E-state index in [9.17, 15) is 0 Å². The Hall–Kier alpha value is -1.56. The first-order valence-electron chi connectivity index (χ1n) is 6.48. The van der Waals surface area contributed by atoms with Crippen LogP contribution in [0.3, 0.4) is 0 Å².